The monoisotopic (exact) mass is 320 g/mol. The predicted octanol–water partition coefficient (Wildman–Crippen LogP) is 2.57. The number of aryl methyl sites for hydroxylation is 1. The summed E-state index contributed by atoms with van der Waals surface area (Å²) < 4.78 is 0. The summed E-state index contributed by atoms with van der Waals surface area (Å²) >= 11 is 5.87. The first-order valence-electron chi connectivity index (χ1n) is 7.17. The lowest BCUT2D eigenvalue weighted by molar-refractivity contribution is 0.191. The summed E-state index contributed by atoms with van der Waals surface area (Å²) in [6.07, 6.45) is 5.02. The lowest BCUT2D eigenvalue weighted by Gasteiger charge is -2.31. The van der Waals surface area contributed by atoms with Crippen LogP contribution in [0, 0.1) is 6.92 Å². The third kappa shape index (κ3) is 3.36. The van der Waals surface area contributed by atoms with Crippen molar-refractivity contribution in [1.29, 1.82) is 0 Å². The Morgan fingerprint density at radius 1 is 1.50 bits per heavy atom. The smallest absolute Gasteiger partial charge is 0.321 e. The van der Waals surface area contributed by atoms with Crippen molar-refractivity contribution in [3.63, 3.8) is 0 Å². The van der Waals surface area contributed by atoms with Gasteiger partial charge in [0.25, 0.3) is 0 Å². The van der Waals surface area contributed by atoms with Crippen molar-refractivity contribution in [3.05, 3.63) is 35.1 Å². The lowest BCUT2D eigenvalue weighted by Crippen LogP contribution is -2.41. The lowest BCUT2D eigenvalue weighted by atomic mass is 9.98. The minimum atomic E-state index is -0.152. The molecule has 2 aromatic rings. The molecule has 7 nitrogen and oxygen atoms in total. The SMILES string of the molecule is Cc1nc(C2CCCN(C(=O)Nc3cncc(Cl)c3)C2)n[nH]1. The molecule has 0 radical (unpaired) electrons. The van der Waals surface area contributed by atoms with E-state index in [9.17, 15) is 4.79 Å². The number of carbonyl (C=O) groups is 1. The van der Waals surface area contributed by atoms with Crippen LogP contribution in [-0.4, -0.2) is 44.2 Å². The highest BCUT2D eigenvalue weighted by molar-refractivity contribution is 6.30. The van der Waals surface area contributed by atoms with Crippen molar-refractivity contribution in [2.75, 3.05) is 18.4 Å². The van der Waals surface area contributed by atoms with E-state index in [-0.39, 0.29) is 11.9 Å². The van der Waals surface area contributed by atoms with Crippen LogP contribution in [0.3, 0.4) is 0 Å². The van der Waals surface area contributed by atoms with E-state index in [4.69, 9.17) is 11.6 Å². The van der Waals surface area contributed by atoms with Crippen molar-refractivity contribution < 1.29 is 4.79 Å². The maximum Gasteiger partial charge on any atom is 0.321 e. The number of H-pyrrole nitrogens is 1. The first kappa shape index (κ1) is 14.8. The summed E-state index contributed by atoms with van der Waals surface area (Å²) in [4.78, 5) is 22.5. The molecule has 1 atom stereocenters. The number of amides is 2. The molecule has 2 N–H and O–H groups in total. The Balaban J connectivity index is 1.65. The number of rotatable bonds is 2. The molecule has 0 bridgehead atoms. The number of urea groups is 1. The summed E-state index contributed by atoms with van der Waals surface area (Å²) in [5.41, 5.74) is 0.591. The normalized spacial score (nSPS) is 18.3. The predicted molar refractivity (Wildman–Crippen MR) is 82.9 cm³/mol. The molecule has 0 saturated carbocycles. The Kier molecular flexibility index (Phi) is 4.24. The molecule has 2 aromatic heterocycles. The summed E-state index contributed by atoms with van der Waals surface area (Å²) in [5, 5.41) is 10.4. The first-order chi connectivity index (χ1) is 10.6. The van der Waals surface area contributed by atoms with Crippen LogP contribution in [0.5, 0.6) is 0 Å². The van der Waals surface area contributed by atoms with Crippen LogP contribution >= 0.6 is 11.6 Å². The molecule has 0 aliphatic carbocycles. The van der Waals surface area contributed by atoms with Crippen molar-refractivity contribution in [1.82, 2.24) is 25.1 Å². The quantitative estimate of drug-likeness (QED) is 0.890. The Hall–Kier alpha value is -2.15. The molecular formula is C14H17ClN6O. The van der Waals surface area contributed by atoms with E-state index < -0.39 is 0 Å². The molecule has 1 aliphatic heterocycles. The van der Waals surface area contributed by atoms with Gasteiger partial charge < -0.3 is 10.2 Å². The molecule has 116 valence electrons. The number of pyridine rings is 1. The van der Waals surface area contributed by atoms with Gasteiger partial charge in [-0.1, -0.05) is 11.6 Å². The second-order valence-electron chi connectivity index (χ2n) is 5.39. The molecule has 2 amide bonds. The molecule has 8 heteroatoms. The molecule has 1 unspecified atom stereocenters. The van der Waals surface area contributed by atoms with E-state index in [1.165, 1.54) is 6.20 Å². The maximum absolute atomic E-state index is 12.4. The van der Waals surface area contributed by atoms with Crippen LogP contribution < -0.4 is 5.32 Å². The summed E-state index contributed by atoms with van der Waals surface area (Å²) in [6.45, 7) is 3.20. The average Bonchev–Trinajstić information content (AvgIpc) is 2.94. The zero-order chi connectivity index (χ0) is 15.5. The van der Waals surface area contributed by atoms with Gasteiger partial charge in [-0.3, -0.25) is 10.1 Å². The fourth-order valence-corrected chi connectivity index (χ4v) is 2.77. The van der Waals surface area contributed by atoms with Crippen LogP contribution in [0.25, 0.3) is 0 Å². The fourth-order valence-electron chi connectivity index (χ4n) is 2.60. The number of likely N-dealkylation sites (tertiary alicyclic amines) is 1. The van der Waals surface area contributed by atoms with Gasteiger partial charge in [0.2, 0.25) is 0 Å². The van der Waals surface area contributed by atoms with E-state index in [0.29, 0.717) is 17.3 Å². The van der Waals surface area contributed by atoms with Crippen molar-refractivity contribution in [2.24, 2.45) is 0 Å². The van der Waals surface area contributed by atoms with Gasteiger partial charge in [-0.2, -0.15) is 5.10 Å². The highest BCUT2D eigenvalue weighted by Gasteiger charge is 2.27. The van der Waals surface area contributed by atoms with Gasteiger partial charge in [0.15, 0.2) is 5.82 Å². The highest BCUT2D eigenvalue weighted by Crippen LogP contribution is 2.25. The molecular weight excluding hydrogens is 304 g/mol. The van der Waals surface area contributed by atoms with Gasteiger partial charge >= 0.3 is 6.03 Å². The number of carbonyl (C=O) groups excluding carboxylic acids is 1. The number of aromatic nitrogens is 4. The number of nitrogens with zero attached hydrogens (tertiary/aromatic N) is 4. The van der Waals surface area contributed by atoms with Crippen molar-refractivity contribution in [2.45, 2.75) is 25.7 Å². The highest BCUT2D eigenvalue weighted by atomic mass is 35.5. The first-order valence-corrected chi connectivity index (χ1v) is 7.55. The van der Waals surface area contributed by atoms with Crippen LogP contribution in [0.1, 0.15) is 30.4 Å². The van der Waals surface area contributed by atoms with E-state index in [1.807, 2.05) is 6.92 Å². The van der Waals surface area contributed by atoms with Crippen LogP contribution in [0.2, 0.25) is 5.02 Å². The van der Waals surface area contributed by atoms with Gasteiger partial charge in [-0.25, -0.2) is 9.78 Å². The Labute approximate surface area is 133 Å². The number of aromatic amines is 1. The van der Waals surface area contributed by atoms with Crippen LogP contribution in [-0.2, 0) is 0 Å². The zero-order valence-electron chi connectivity index (χ0n) is 12.2. The molecule has 0 spiro atoms. The molecule has 1 fully saturated rings. The Morgan fingerprint density at radius 2 is 2.36 bits per heavy atom. The second kappa shape index (κ2) is 6.31. The van der Waals surface area contributed by atoms with Gasteiger partial charge in [-0.15, -0.1) is 0 Å². The minimum Gasteiger partial charge on any atom is -0.324 e. The molecule has 0 aromatic carbocycles. The standard InChI is InChI=1S/C14H17ClN6O/c1-9-17-13(20-19-9)10-3-2-4-21(8-10)14(22)18-12-5-11(15)6-16-7-12/h5-7,10H,2-4,8H2,1H3,(H,18,22)(H,17,19,20). The van der Waals surface area contributed by atoms with E-state index >= 15 is 0 Å². The van der Waals surface area contributed by atoms with Crippen LogP contribution in [0.15, 0.2) is 18.5 Å². The van der Waals surface area contributed by atoms with Crippen molar-refractivity contribution in [3.8, 4) is 0 Å². The third-order valence-corrected chi connectivity index (χ3v) is 3.85. The molecule has 1 aliphatic rings. The fraction of sp³-hybridized carbons (Fsp3) is 0.429. The van der Waals surface area contributed by atoms with Gasteiger partial charge in [-0.05, 0) is 25.8 Å². The van der Waals surface area contributed by atoms with Crippen molar-refractivity contribution >= 4 is 23.3 Å². The van der Waals surface area contributed by atoms with Crippen LogP contribution in [0.4, 0.5) is 10.5 Å². The average molecular weight is 321 g/mol. The van der Waals surface area contributed by atoms with Gasteiger partial charge in [0, 0.05) is 25.2 Å². The van der Waals surface area contributed by atoms with E-state index in [1.54, 1.807) is 17.2 Å². The van der Waals surface area contributed by atoms with Gasteiger partial charge in [0.05, 0.1) is 16.9 Å². The zero-order valence-corrected chi connectivity index (χ0v) is 13.0. The number of hydrogen-bond acceptors (Lipinski definition) is 4. The van der Waals surface area contributed by atoms with Gasteiger partial charge in [0.1, 0.15) is 5.82 Å². The molecule has 3 heterocycles. The number of piperidine rings is 1. The second-order valence-corrected chi connectivity index (χ2v) is 5.82. The molecule has 1 saturated heterocycles. The topological polar surface area (TPSA) is 86.8 Å². The summed E-state index contributed by atoms with van der Waals surface area (Å²) in [7, 11) is 0. The largest absolute Gasteiger partial charge is 0.324 e. The number of halogens is 1. The maximum atomic E-state index is 12.4. The Morgan fingerprint density at radius 3 is 3.09 bits per heavy atom. The Bertz CT molecular complexity index is 673. The van der Waals surface area contributed by atoms with E-state index in [0.717, 1.165) is 31.0 Å². The minimum absolute atomic E-state index is 0.152. The van der Waals surface area contributed by atoms with E-state index in [2.05, 4.69) is 25.5 Å². The third-order valence-electron chi connectivity index (χ3n) is 3.64. The number of hydrogen-bond donors (Lipinski definition) is 2. The summed E-state index contributed by atoms with van der Waals surface area (Å²) in [6, 6.07) is 1.52. The summed E-state index contributed by atoms with van der Waals surface area (Å²) in [5.74, 6) is 1.74. The molecule has 22 heavy (non-hydrogen) atoms. The number of anilines is 1. The molecule has 3 rings (SSSR count). The number of nitrogens with one attached hydrogen (secondary N) is 2.